The Balaban J connectivity index is 1.94. The van der Waals surface area contributed by atoms with Crippen molar-refractivity contribution in [3.63, 3.8) is 0 Å². The van der Waals surface area contributed by atoms with Crippen molar-refractivity contribution in [1.82, 2.24) is 10.5 Å². The highest BCUT2D eigenvalue weighted by molar-refractivity contribution is 6.31. The van der Waals surface area contributed by atoms with E-state index < -0.39 is 4.92 Å². The summed E-state index contributed by atoms with van der Waals surface area (Å²) in [6.07, 6.45) is 0. The van der Waals surface area contributed by atoms with Crippen LogP contribution in [0.25, 0.3) is 0 Å². The molecule has 0 unspecified atom stereocenters. The highest BCUT2D eigenvalue weighted by Crippen LogP contribution is 2.22. The number of non-ortho nitro benzene ring substituents is 1. The second-order valence-electron chi connectivity index (χ2n) is 4.07. The molecule has 7 heteroatoms. The van der Waals surface area contributed by atoms with Crippen molar-refractivity contribution in [2.75, 3.05) is 0 Å². The van der Waals surface area contributed by atoms with Gasteiger partial charge in [0.25, 0.3) is 5.69 Å². The van der Waals surface area contributed by atoms with E-state index in [1.165, 1.54) is 12.1 Å². The Hall–Kier alpha value is -1.92. The Labute approximate surface area is 114 Å². The molecular weight excluding hydrogens is 270 g/mol. The van der Waals surface area contributed by atoms with Crippen LogP contribution in [0.15, 0.2) is 28.8 Å². The normalized spacial score (nSPS) is 10.6. The van der Waals surface area contributed by atoms with Gasteiger partial charge in [-0.15, -0.1) is 0 Å². The lowest BCUT2D eigenvalue weighted by atomic mass is 10.2. The van der Waals surface area contributed by atoms with Crippen LogP contribution in [-0.2, 0) is 13.1 Å². The fraction of sp³-hybridized carbons (Fsp3) is 0.250. The van der Waals surface area contributed by atoms with E-state index in [4.69, 9.17) is 16.1 Å². The number of aromatic nitrogens is 1. The SMILES string of the molecule is Cc1cc(CNCc2ccc([N+](=O)[O-])cc2Cl)on1. The highest BCUT2D eigenvalue weighted by atomic mass is 35.5. The Morgan fingerprint density at radius 3 is 2.79 bits per heavy atom. The molecule has 2 aromatic rings. The molecule has 0 radical (unpaired) electrons. The van der Waals surface area contributed by atoms with Crippen molar-refractivity contribution in [2.24, 2.45) is 0 Å². The first-order valence-corrected chi connectivity index (χ1v) is 6.00. The Kier molecular flexibility index (Phi) is 4.13. The Morgan fingerprint density at radius 2 is 2.21 bits per heavy atom. The van der Waals surface area contributed by atoms with E-state index in [-0.39, 0.29) is 5.69 Å². The van der Waals surface area contributed by atoms with Crippen molar-refractivity contribution < 1.29 is 9.45 Å². The van der Waals surface area contributed by atoms with Gasteiger partial charge in [0.1, 0.15) is 0 Å². The number of hydrogen-bond donors (Lipinski definition) is 1. The smallest absolute Gasteiger partial charge is 0.270 e. The predicted octanol–water partition coefficient (Wildman–Crippen LogP) is 2.83. The van der Waals surface area contributed by atoms with Gasteiger partial charge in [-0.3, -0.25) is 10.1 Å². The number of halogens is 1. The molecule has 1 heterocycles. The van der Waals surface area contributed by atoms with Crippen LogP contribution in [-0.4, -0.2) is 10.1 Å². The van der Waals surface area contributed by atoms with E-state index in [0.29, 0.717) is 18.1 Å². The van der Waals surface area contributed by atoms with Crippen LogP contribution in [0, 0.1) is 17.0 Å². The maximum Gasteiger partial charge on any atom is 0.270 e. The van der Waals surface area contributed by atoms with Gasteiger partial charge in [0.15, 0.2) is 5.76 Å². The lowest BCUT2D eigenvalue weighted by molar-refractivity contribution is -0.384. The summed E-state index contributed by atoms with van der Waals surface area (Å²) >= 11 is 5.98. The van der Waals surface area contributed by atoms with Gasteiger partial charge in [-0.2, -0.15) is 0 Å². The molecule has 100 valence electrons. The Bertz CT molecular complexity index is 598. The minimum atomic E-state index is -0.472. The van der Waals surface area contributed by atoms with Crippen LogP contribution >= 0.6 is 11.6 Å². The molecule has 1 aromatic carbocycles. The van der Waals surface area contributed by atoms with E-state index in [2.05, 4.69) is 10.5 Å². The number of nitrogens with one attached hydrogen (secondary N) is 1. The van der Waals surface area contributed by atoms with Gasteiger partial charge in [0.05, 0.1) is 22.2 Å². The summed E-state index contributed by atoms with van der Waals surface area (Å²) in [4.78, 5) is 10.1. The summed E-state index contributed by atoms with van der Waals surface area (Å²) in [7, 11) is 0. The first-order chi connectivity index (χ1) is 9.06. The number of nitro benzene ring substituents is 1. The molecule has 1 N–H and O–H groups in total. The topological polar surface area (TPSA) is 81.2 Å². The minimum absolute atomic E-state index is 0.0143. The maximum atomic E-state index is 10.6. The Morgan fingerprint density at radius 1 is 1.42 bits per heavy atom. The first kappa shape index (κ1) is 13.5. The van der Waals surface area contributed by atoms with Gasteiger partial charge in [0, 0.05) is 24.7 Å². The molecule has 0 amide bonds. The van der Waals surface area contributed by atoms with Crippen LogP contribution < -0.4 is 5.32 Å². The average molecular weight is 282 g/mol. The molecule has 6 nitrogen and oxygen atoms in total. The molecule has 0 saturated heterocycles. The largest absolute Gasteiger partial charge is 0.360 e. The number of aryl methyl sites for hydroxylation is 1. The predicted molar refractivity (Wildman–Crippen MR) is 69.9 cm³/mol. The van der Waals surface area contributed by atoms with Crippen molar-refractivity contribution in [3.05, 3.63) is 56.4 Å². The molecule has 0 aliphatic rings. The zero-order valence-electron chi connectivity index (χ0n) is 10.2. The maximum absolute atomic E-state index is 10.6. The third kappa shape index (κ3) is 3.52. The fourth-order valence-electron chi connectivity index (χ4n) is 1.61. The number of hydrogen-bond acceptors (Lipinski definition) is 5. The average Bonchev–Trinajstić information content (AvgIpc) is 2.77. The van der Waals surface area contributed by atoms with Crippen LogP contribution in [0.5, 0.6) is 0 Å². The fourth-order valence-corrected chi connectivity index (χ4v) is 1.85. The molecule has 0 saturated carbocycles. The van der Waals surface area contributed by atoms with Crippen LogP contribution in [0.4, 0.5) is 5.69 Å². The highest BCUT2D eigenvalue weighted by Gasteiger charge is 2.09. The lowest BCUT2D eigenvalue weighted by Crippen LogP contribution is -2.12. The van der Waals surface area contributed by atoms with Crippen LogP contribution in [0.2, 0.25) is 5.02 Å². The van der Waals surface area contributed by atoms with Gasteiger partial charge in [-0.25, -0.2) is 0 Å². The molecule has 1 aromatic heterocycles. The molecular formula is C12H12ClN3O3. The zero-order valence-corrected chi connectivity index (χ0v) is 11.0. The van der Waals surface area contributed by atoms with Gasteiger partial charge in [-0.05, 0) is 18.6 Å². The second kappa shape index (κ2) is 5.81. The quantitative estimate of drug-likeness (QED) is 0.673. The number of rotatable bonds is 5. The molecule has 0 fully saturated rings. The second-order valence-corrected chi connectivity index (χ2v) is 4.48. The van der Waals surface area contributed by atoms with Crippen molar-refractivity contribution in [2.45, 2.75) is 20.0 Å². The van der Waals surface area contributed by atoms with E-state index in [1.54, 1.807) is 6.07 Å². The van der Waals surface area contributed by atoms with E-state index in [1.807, 2.05) is 13.0 Å². The van der Waals surface area contributed by atoms with Gasteiger partial charge < -0.3 is 9.84 Å². The number of nitrogens with zero attached hydrogens (tertiary/aromatic N) is 2. The minimum Gasteiger partial charge on any atom is -0.360 e. The van der Waals surface area contributed by atoms with Crippen LogP contribution in [0.3, 0.4) is 0 Å². The van der Waals surface area contributed by atoms with Crippen molar-refractivity contribution >= 4 is 17.3 Å². The van der Waals surface area contributed by atoms with Gasteiger partial charge in [0.2, 0.25) is 0 Å². The molecule has 0 aliphatic heterocycles. The first-order valence-electron chi connectivity index (χ1n) is 5.62. The molecule has 0 aliphatic carbocycles. The summed E-state index contributed by atoms with van der Waals surface area (Å²) in [6.45, 7) is 2.87. The van der Waals surface area contributed by atoms with Gasteiger partial charge >= 0.3 is 0 Å². The third-order valence-corrected chi connectivity index (χ3v) is 2.89. The summed E-state index contributed by atoms with van der Waals surface area (Å²) in [5, 5.41) is 17.9. The standard InChI is InChI=1S/C12H12ClN3O3/c1-8-4-11(19-15-8)7-14-6-9-2-3-10(16(17)18)5-12(9)13/h2-5,14H,6-7H2,1H3. The molecule has 0 spiro atoms. The molecule has 0 atom stereocenters. The van der Waals surface area contributed by atoms with E-state index >= 15 is 0 Å². The number of benzene rings is 1. The molecule has 2 rings (SSSR count). The molecule has 19 heavy (non-hydrogen) atoms. The van der Waals surface area contributed by atoms with Gasteiger partial charge in [-0.1, -0.05) is 16.8 Å². The van der Waals surface area contributed by atoms with E-state index in [9.17, 15) is 10.1 Å². The monoisotopic (exact) mass is 281 g/mol. The van der Waals surface area contributed by atoms with Crippen molar-refractivity contribution in [1.29, 1.82) is 0 Å². The molecule has 0 bridgehead atoms. The van der Waals surface area contributed by atoms with Crippen molar-refractivity contribution in [3.8, 4) is 0 Å². The summed E-state index contributed by atoms with van der Waals surface area (Å²) in [5.41, 5.74) is 1.60. The summed E-state index contributed by atoms with van der Waals surface area (Å²) in [5.74, 6) is 0.732. The zero-order chi connectivity index (χ0) is 13.8. The summed E-state index contributed by atoms with van der Waals surface area (Å²) < 4.78 is 5.05. The summed E-state index contributed by atoms with van der Waals surface area (Å²) in [6, 6.07) is 6.25. The number of nitro groups is 1. The third-order valence-electron chi connectivity index (χ3n) is 2.54. The lowest BCUT2D eigenvalue weighted by Gasteiger charge is -2.04. The van der Waals surface area contributed by atoms with E-state index in [0.717, 1.165) is 17.0 Å². The van der Waals surface area contributed by atoms with Crippen LogP contribution in [0.1, 0.15) is 17.0 Å².